The van der Waals surface area contributed by atoms with Gasteiger partial charge < -0.3 is 24.6 Å². The van der Waals surface area contributed by atoms with Crippen molar-refractivity contribution in [2.45, 2.75) is 6.10 Å². The Bertz CT molecular complexity index is 476. The monoisotopic (exact) mass is 297 g/mol. The number of para-hydroxylation sites is 1. The van der Waals surface area contributed by atoms with Gasteiger partial charge in [0.1, 0.15) is 12.4 Å². The normalized spacial score (nSPS) is 11.7. The van der Waals surface area contributed by atoms with Gasteiger partial charge in [0.05, 0.1) is 18.7 Å². The average molecular weight is 297 g/mol. The van der Waals surface area contributed by atoms with Crippen LogP contribution >= 0.6 is 0 Å². The highest BCUT2D eigenvalue weighted by Crippen LogP contribution is 2.17. The van der Waals surface area contributed by atoms with Crippen LogP contribution in [0.15, 0.2) is 24.3 Å². The minimum absolute atomic E-state index is 0.128. The molecule has 1 atom stereocenters. The van der Waals surface area contributed by atoms with Gasteiger partial charge in [-0.3, -0.25) is 4.79 Å². The number of amides is 1. The van der Waals surface area contributed by atoms with Crippen LogP contribution in [0, 0.1) is 0 Å². The van der Waals surface area contributed by atoms with Crippen LogP contribution in [0.4, 0.5) is 0 Å². The number of carbonyl (C=O) groups is 2. The summed E-state index contributed by atoms with van der Waals surface area (Å²) >= 11 is 0. The molecule has 116 valence electrons. The molecule has 0 radical (unpaired) electrons. The van der Waals surface area contributed by atoms with Gasteiger partial charge in [-0.15, -0.1) is 0 Å². The zero-order chi connectivity index (χ0) is 15.7. The van der Waals surface area contributed by atoms with Crippen molar-refractivity contribution in [3.05, 3.63) is 29.8 Å². The first-order valence-corrected chi connectivity index (χ1v) is 6.34. The number of methoxy groups -OCH3 is 2. The largest absolute Gasteiger partial charge is 0.490 e. The lowest BCUT2D eigenvalue weighted by Gasteiger charge is -2.14. The number of rotatable bonds is 9. The van der Waals surface area contributed by atoms with Gasteiger partial charge >= 0.3 is 5.97 Å². The summed E-state index contributed by atoms with van der Waals surface area (Å²) in [6, 6.07) is 6.70. The zero-order valence-electron chi connectivity index (χ0n) is 12.0. The molecular formula is C14H19NO6. The molecule has 1 rings (SSSR count). The van der Waals surface area contributed by atoms with Crippen LogP contribution in [0.5, 0.6) is 5.75 Å². The second-order valence-electron chi connectivity index (χ2n) is 4.11. The van der Waals surface area contributed by atoms with Crippen LogP contribution in [-0.4, -0.2) is 57.1 Å². The smallest absolute Gasteiger partial charge is 0.334 e. The number of carboxylic acids is 1. The first-order chi connectivity index (χ1) is 10.1. The lowest BCUT2D eigenvalue weighted by Crippen LogP contribution is -2.38. The Kier molecular flexibility index (Phi) is 7.20. The van der Waals surface area contributed by atoms with Gasteiger partial charge in [-0.05, 0) is 12.1 Å². The van der Waals surface area contributed by atoms with Crippen LogP contribution in [0.1, 0.15) is 10.4 Å². The summed E-state index contributed by atoms with van der Waals surface area (Å²) in [5.74, 6) is -1.15. The molecule has 0 saturated heterocycles. The second-order valence-corrected chi connectivity index (χ2v) is 4.11. The predicted molar refractivity (Wildman–Crippen MR) is 74.6 cm³/mol. The number of benzene rings is 1. The van der Waals surface area contributed by atoms with E-state index in [0.29, 0.717) is 24.5 Å². The van der Waals surface area contributed by atoms with Gasteiger partial charge in [0.15, 0.2) is 6.10 Å². The molecule has 0 aliphatic heterocycles. The molecule has 0 aromatic heterocycles. The molecule has 1 amide bonds. The van der Waals surface area contributed by atoms with E-state index < -0.39 is 18.0 Å². The fraction of sp³-hybridized carbons (Fsp3) is 0.429. The van der Waals surface area contributed by atoms with Crippen molar-refractivity contribution in [2.24, 2.45) is 0 Å². The van der Waals surface area contributed by atoms with Crippen molar-refractivity contribution in [3.63, 3.8) is 0 Å². The SMILES string of the molecule is COCCOc1ccccc1C(=O)NCC(OC)C(=O)O. The highest BCUT2D eigenvalue weighted by molar-refractivity contribution is 5.97. The Hall–Kier alpha value is -2.12. The lowest BCUT2D eigenvalue weighted by atomic mass is 10.2. The second kappa shape index (κ2) is 8.93. The topological polar surface area (TPSA) is 94.1 Å². The van der Waals surface area contributed by atoms with Gasteiger partial charge in [-0.2, -0.15) is 0 Å². The zero-order valence-corrected chi connectivity index (χ0v) is 12.0. The molecule has 7 nitrogen and oxygen atoms in total. The van der Waals surface area contributed by atoms with E-state index in [1.54, 1.807) is 31.4 Å². The Balaban J connectivity index is 2.66. The standard InChI is InChI=1S/C14H19NO6/c1-19-7-8-21-11-6-4-3-5-10(11)13(16)15-9-12(20-2)14(17)18/h3-6,12H,7-9H2,1-2H3,(H,15,16)(H,17,18). The number of hydrogen-bond acceptors (Lipinski definition) is 5. The van der Waals surface area contributed by atoms with Crippen molar-refractivity contribution in [2.75, 3.05) is 34.0 Å². The molecule has 1 aromatic rings. The third kappa shape index (κ3) is 5.41. The fourth-order valence-corrected chi connectivity index (χ4v) is 1.57. The molecule has 1 aromatic carbocycles. The Morgan fingerprint density at radius 1 is 1.24 bits per heavy atom. The number of aliphatic carboxylic acids is 1. The molecule has 0 aliphatic rings. The van der Waals surface area contributed by atoms with Gasteiger partial charge in [0.25, 0.3) is 5.91 Å². The van der Waals surface area contributed by atoms with Crippen molar-refractivity contribution in [1.29, 1.82) is 0 Å². The molecule has 7 heteroatoms. The van der Waals surface area contributed by atoms with Crippen LogP contribution in [0.2, 0.25) is 0 Å². The van der Waals surface area contributed by atoms with Gasteiger partial charge in [-0.25, -0.2) is 4.79 Å². The van der Waals surface area contributed by atoms with Gasteiger partial charge in [0.2, 0.25) is 0 Å². The summed E-state index contributed by atoms with van der Waals surface area (Å²) < 4.78 is 15.1. The molecule has 0 saturated carbocycles. The van der Waals surface area contributed by atoms with Crippen molar-refractivity contribution >= 4 is 11.9 Å². The summed E-state index contributed by atoms with van der Waals surface area (Å²) in [7, 11) is 2.82. The molecular weight excluding hydrogens is 278 g/mol. The van der Waals surface area contributed by atoms with E-state index in [4.69, 9.17) is 19.3 Å². The maximum absolute atomic E-state index is 12.1. The quantitative estimate of drug-likeness (QED) is 0.646. The van der Waals surface area contributed by atoms with E-state index in [2.05, 4.69) is 5.32 Å². The van der Waals surface area contributed by atoms with E-state index in [0.717, 1.165) is 0 Å². The predicted octanol–water partition coefficient (Wildman–Crippen LogP) is 0.541. The Morgan fingerprint density at radius 3 is 2.57 bits per heavy atom. The summed E-state index contributed by atoms with van der Waals surface area (Å²) in [5, 5.41) is 11.3. The third-order valence-corrected chi connectivity index (χ3v) is 2.68. The van der Waals surface area contributed by atoms with E-state index >= 15 is 0 Å². The summed E-state index contributed by atoms with van der Waals surface area (Å²) in [5.41, 5.74) is 0.328. The molecule has 0 heterocycles. The van der Waals surface area contributed by atoms with Crippen molar-refractivity contribution in [3.8, 4) is 5.75 Å². The van der Waals surface area contributed by atoms with Crippen LogP contribution < -0.4 is 10.1 Å². The maximum Gasteiger partial charge on any atom is 0.334 e. The van der Waals surface area contributed by atoms with Crippen LogP contribution in [0.3, 0.4) is 0 Å². The Labute approximate surface area is 122 Å². The first-order valence-electron chi connectivity index (χ1n) is 6.34. The molecule has 1 unspecified atom stereocenters. The first kappa shape index (κ1) is 16.9. The molecule has 0 bridgehead atoms. The summed E-state index contributed by atoms with van der Waals surface area (Å²) in [6.45, 7) is 0.592. The van der Waals surface area contributed by atoms with E-state index in [9.17, 15) is 9.59 Å². The fourth-order valence-electron chi connectivity index (χ4n) is 1.57. The molecule has 2 N–H and O–H groups in total. The molecule has 0 spiro atoms. The third-order valence-electron chi connectivity index (χ3n) is 2.68. The lowest BCUT2D eigenvalue weighted by molar-refractivity contribution is -0.148. The number of carbonyl (C=O) groups excluding carboxylic acids is 1. The summed E-state index contributed by atoms with van der Waals surface area (Å²) in [6.07, 6.45) is -1.09. The molecule has 21 heavy (non-hydrogen) atoms. The van der Waals surface area contributed by atoms with E-state index in [1.807, 2.05) is 0 Å². The molecule has 0 aliphatic carbocycles. The summed E-state index contributed by atoms with van der Waals surface area (Å²) in [4.78, 5) is 22.9. The average Bonchev–Trinajstić information content (AvgIpc) is 2.48. The van der Waals surface area contributed by atoms with Gasteiger partial charge in [-0.1, -0.05) is 12.1 Å². The minimum Gasteiger partial charge on any atom is -0.490 e. The Morgan fingerprint density at radius 2 is 1.95 bits per heavy atom. The van der Waals surface area contributed by atoms with Gasteiger partial charge in [0, 0.05) is 14.2 Å². The van der Waals surface area contributed by atoms with Crippen molar-refractivity contribution in [1.82, 2.24) is 5.32 Å². The van der Waals surface area contributed by atoms with Crippen LogP contribution in [0.25, 0.3) is 0 Å². The molecule has 0 fully saturated rings. The van der Waals surface area contributed by atoms with Crippen LogP contribution in [-0.2, 0) is 14.3 Å². The minimum atomic E-state index is -1.14. The maximum atomic E-state index is 12.1. The van der Waals surface area contributed by atoms with Crippen molar-refractivity contribution < 1.29 is 28.9 Å². The number of ether oxygens (including phenoxy) is 3. The number of nitrogens with one attached hydrogen (secondary N) is 1. The van der Waals surface area contributed by atoms with E-state index in [1.165, 1.54) is 7.11 Å². The number of carboxylic acid groups (broad SMARTS) is 1. The highest BCUT2D eigenvalue weighted by atomic mass is 16.5. The highest BCUT2D eigenvalue weighted by Gasteiger charge is 2.19. The number of hydrogen-bond donors (Lipinski definition) is 2. The van der Waals surface area contributed by atoms with E-state index in [-0.39, 0.29) is 6.54 Å².